The van der Waals surface area contributed by atoms with E-state index in [2.05, 4.69) is 47.7 Å². The Morgan fingerprint density at radius 2 is 1.96 bits per heavy atom. The standard InChI is InChI=1S/C19H30N8S/c1-3-20-18(21-8-5-17-15-28-16(2)25-17)22-9-10-26-11-13-27(14-12-26)19-23-6-4-7-24-19/h4,6-7,15H,3,5,8-14H2,1-2H3,(H2,20,21,22). The maximum absolute atomic E-state index is 4.72. The lowest BCUT2D eigenvalue weighted by Gasteiger charge is -2.34. The van der Waals surface area contributed by atoms with Crippen LogP contribution in [0.15, 0.2) is 28.8 Å². The second kappa shape index (κ2) is 10.9. The lowest BCUT2D eigenvalue weighted by atomic mass is 10.3. The predicted molar refractivity (Wildman–Crippen MR) is 115 cm³/mol. The fraction of sp³-hybridized carbons (Fsp3) is 0.579. The van der Waals surface area contributed by atoms with E-state index in [9.17, 15) is 0 Å². The summed E-state index contributed by atoms with van der Waals surface area (Å²) < 4.78 is 0. The second-order valence-corrected chi connectivity index (χ2v) is 7.74. The monoisotopic (exact) mass is 402 g/mol. The van der Waals surface area contributed by atoms with Gasteiger partial charge in [0.15, 0.2) is 5.96 Å². The van der Waals surface area contributed by atoms with E-state index in [1.54, 1.807) is 23.7 Å². The molecule has 1 fully saturated rings. The SMILES string of the molecule is CCNC(=NCCN1CCN(c2ncccn2)CC1)NCCc1csc(C)n1. The van der Waals surface area contributed by atoms with Gasteiger partial charge in [-0.25, -0.2) is 15.0 Å². The summed E-state index contributed by atoms with van der Waals surface area (Å²) in [6.45, 7) is 11.5. The number of hydrogen-bond acceptors (Lipinski definition) is 7. The molecule has 0 spiro atoms. The highest BCUT2D eigenvalue weighted by Crippen LogP contribution is 2.09. The van der Waals surface area contributed by atoms with E-state index in [1.807, 2.05) is 13.0 Å². The molecule has 0 amide bonds. The molecular weight excluding hydrogens is 372 g/mol. The zero-order valence-electron chi connectivity index (χ0n) is 16.8. The van der Waals surface area contributed by atoms with Gasteiger partial charge in [-0.1, -0.05) is 0 Å². The number of aryl methyl sites for hydroxylation is 1. The van der Waals surface area contributed by atoms with Gasteiger partial charge in [-0.15, -0.1) is 11.3 Å². The highest BCUT2D eigenvalue weighted by Gasteiger charge is 2.18. The Labute approximate surface area is 171 Å². The van der Waals surface area contributed by atoms with Crippen LogP contribution in [-0.2, 0) is 6.42 Å². The third-order valence-electron chi connectivity index (χ3n) is 4.58. The van der Waals surface area contributed by atoms with E-state index in [-0.39, 0.29) is 0 Å². The first-order chi connectivity index (χ1) is 13.7. The molecule has 0 aliphatic carbocycles. The van der Waals surface area contributed by atoms with Crippen LogP contribution < -0.4 is 15.5 Å². The van der Waals surface area contributed by atoms with Crippen LogP contribution in [0.2, 0.25) is 0 Å². The third-order valence-corrected chi connectivity index (χ3v) is 5.40. The van der Waals surface area contributed by atoms with Gasteiger partial charge in [0.1, 0.15) is 0 Å². The number of aliphatic imine (C=N–C) groups is 1. The number of guanidine groups is 1. The highest BCUT2D eigenvalue weighted by atomic mass is 32.1. The van der Waals surface area contributed by atoms with Crippen LogP contribution in [0.25, 0.3) is 0 Å². The van der Waals surface area contributed by atoms with E-state index in [0.29, 0.717) is 0 Å². The maximum atomic E-state index is 4.72. The van der Waals surface area contributed by atoms with Gasteiger partial charge in [0, 0.05) is 70.0 Å². The Morgan fingerprint density at radius 3 is 2.64 bits per heavy atom. The Balaban J connectivity index is 1.37. The molecule has 0 aromatic carbocycles. The van der Waals surface area contributed by atoms with Gasteiger partial charge in [0.25, 0.3) is 0 Å². The summed E-state index contributed by atoms with van der Waals surface area (Å²) in [6, 6.07) is 1.85. The van der Waals surface area contributed by atoms with Gasteiger partial charge >= 0.3 is 0 Å². The lowest BCUT2D eigenvalue weighted by Crippen LogP contribution is -2.47. The van der Waals surface area contributed by atoms with Crippen molar-refractivity contribution in [2.45, 2.75) is 20.3 Å². The number of thiazole rings is 1. The van der Waals surface area contributed by atoms with Crippen LogP contribution in [0.3, 0.4) is 0 Å². The summed E-state index contributed by atoms with van der Waals surface area (Å²) in [5.41, 5.74) is 1.14. The van der Waals surface area contributed by atoms with Gasteiger partial charge in [-0.2, -0.15) is 0 Å². The number of rotatable bonds is 8. The van der Waals surface area contributed by atoms with Gasteiger partial charge < -0.3 is 15.5 Å². The molecule has 0 bridgehead atoms. The first kappa shape index (κ1) is 20.5. The van der Waals surface area contributed by atoms with Crippen LogP contribution in [0.5, 0.6) is 0 Å². The molecule has 28 heavy (non-hydrogen) atoms. The molecule has 8 nitrogen and oxygen atoms in total. The van der Waals surface area contributed by atoms with Crippen LogP contribution in [0.4, 0.5) is 5.95 Å². The summed E-state index contributed by atoms with van der Waals surface area (Å²) in [4.78, 5) is 22.6. The summed E-state index contributed by atoms with van der Waals surface area (Å²) in [5.74, 6) is 1.71. The van der Waals surface area contributed by atoms with Crippen molar-refractivity contribution < 1.29 is 0 Å². The second-order valence-electron chi connectivity index (χ2n) is 6.67. The minimum atomic E-state index is 0.785. The zero-order chi connectivity index (χ0) is 19.6. The van der Waals surface area contributed by atoms with E-state index in [0.717, 1.165) is 81.4 Å². The van der Waals surface area contributed by atoms with Gasteiger partial charge in [-0.05, 0) is 19.9 Å². The van der Waals surface area contributed by atoms with Crippen LogP contribution in [0.1, 0.15) is 17.6 Å². The molecule has 9 heteroatoms. The first-order valence-electron chi connectivity index (χ1n) is 9.92. The number of anilines is 1. The quantitative estimate of drug-likeness (QED) is 0.506. The van der Waals surface area contributed by atoms with Crippen molar-refractivity contribution >= 4 is 23.2 Å². The molecule has 2 aromatic rings. The normalized spacial score (nSPS) is 15.6. The van der Waals surface area contributed by atoms with Crippen molar-refractivity contribution in [3.8, 4) is 0 Å². The topological polar surface area (TPSA) is 81.6 Å². The molecule has 2 aromatic heterocycles. The van der Waals surface area contributed by atoms with E-state index < -0.39 is 0 Å². The summed E-state index contributed by atoms with van der Waals surface area (Å²) in [6.07, 6.45) is 4.51. The number of nitrogens with one attached hydrogen (secondary N) is 2. The highest BCUT2D eigenvalue weighted by molar-refractivity contribution is 7.09. The molecule has 1 aliphatic rings. The van der Waals surface area contributed by atoms with Crippen molar-refractivity contribution in [3.05, 3.63) is 34.5 Å². The smallest absolute Gasteiger partial charge is 0.225 e. The van der Waals surface area contributed by atoms with E-state index in [1.165, 1.54) is 0 Å². The van der Waals surface area contributed by atoms with Gasteiger partial charge in [0.05, 0.1) is 17.2 Å². The van der Waals surface area contributed by atoms with E-state index >= 15 is 0 Å². The molecule has 152 valence electrons. The summed E-state index contributed by atoms with van der Waals surface area (Å²) in [5, 5.41) is 9.97. The summed E-state index contributed by atoms with van der Waals surface area (Å²) >= 11 is 1.70. The van der Waals surface area contributed by atoms with Crippen LogP contribution in [-0.4, -0.2) is 78.2 Å². The number of hydrogen-bond donors (Lipinski definition) is 2. The molecule has 0 saturated carbocycles. The molecule has 3 heterocycles. The Morgan fingerprint density at radius 1 is 1.18 bits per heavy atom. The fourth-order valence-corrected chi connectivity index (χ4v) is 3.75. The van der Waals surface area contributed by atoms with Crippen molar-refractivity contribution in [2.75, 3.05) is 57.3 Å². The number of piperazine rings is 1. The van der Waals surface area contributed by atoms with E-state index in [4.69, 9.17) is 4.99 Å². The van der Waals surface area contributed by atoms with Crippen molar-refractivity contribution in [1.82, 2.24) is 30.5 Å². The van der Waals surface area contributed by atoms with Crippen LogP contribution >= 0.6 is 11.3 Å². The van der Waals surface area contributed by atoms with Crippen molar-refractivity contribution in [3.63, 3.8) is 0 Å². The van der Waals surface area contributed by atoms with Crippen molar-refractivity contribution in [1.29, 1.82) is 0 Å². The lowest BCUT2D eigenvalue weighted by molar-refractivity contribution is 0.263. The minimum Gasteiger partial charge on any atom is -0.357 e. The Bertz CT molecular complexity index is 725. The average molecular weight is 403 g/mol. The molecule has 0 radical (unpaired) electrons. The molecule has 1 aliphatic heterocycles. The molecule has 3 rings (SSSR count). The predicted octanol–water partition coefficient (Wildman–Crippen LogP) is 1.16. The summed E-state index contributed by atoms with van der Waals surface area (Å²) in [7, 11) is 0. The fourth-order valence-electron chi connectivity index (χ4n) is 3.10. The van der Waals surface area contributed by atoms with Gasteiger partial charge in [-0.3, -0.25) is 9.89 Å². The third kappa shape index (κ3) is 6.42. The average Bonchev–Trinajstić information content (AvgIpc) is 3.14. The number of nitrogens with zero attached hydrogens (tertiary/aromatic N) is 6. The largest absolute Gasteiger partial charge is 0.357 e. The van der Waals surface area contributed by atoms with Gasteiger partial charge in [0.2, 0.25) is 5.95 Å². The number of aromatic nitrogens is 3. The molecule has 2 N–H and O–H groups in total. The maximum Gasteiger partial charge on any atom is 0.225 e. The van der Waals surface area contributed by atoms with Crippen LogP contribution in [0, 0.1) is 6.92 Å². The Hall–Kier alpha value is -2.26. The molecule has 0 atom stereocenters. The zero-order valence-corrected chi connectivity index (χ0v) is 17.6. The molecule has 1 saturated heterocycles. The van der Waals surface area contributed by atoms with Crippen molar-refractivity contribution in [2.24, 2.45) is 4.99 Å². The Kier molecular flexibility index (Phi) is 7.98. The first-order valence-corrected chi connectivity index (χ1v) is 10.8. The minimum absolute atomic E-state index is 0.785. The molecular formula is C19H30N8S. The molecule has 0 unspecified atom stereocenters.